The molecule has 2 rings (SSSR count). The van der Waals surface area contributed by atoms with Gasteiger partial charge in [0.25, 0.3) is 0 Å². The molecule has 0 spiro atoms. The molecule has 0 fully saturated rings. The minimum atomic E-state index is 0.617. The third-order valence-electron chi connectivity index (χ3n) is 1.87. The summed E-state index contributed by atoms with van der Waals surface area (Å²) in [5.41, 5.74) is 1.77. The molecule has 0 saturated heterocycles. The Kier molecular flexibility index (Phi) is 2.40. The predicted octanol–water partition coefficient (Wildman–Crippen LogP) is 1.95. The second kappa shape index (κ2) is 3.87. The van der Waals surface area contributed by atoms with E-state index in [0.717, 1.165) is 11.3 Å². The van der Waals surface area contributed by atoms with E-state index in [1.807, 2.05) is 24.3 Å². The van der Waals surface area contributed by atoms with Crippen molar-refractivity contribution in [3.05, 3.63) is 42.9 Å². The largest absolute Gasteiger partial charge is 0.494 e. The lowest BCUT2D eigenvalue weighted by atomic mass is 10.1. The monoisotopic (exact) mass is 185 g/mol. The second-order valence-corrected chi connectivity index (χ2v) is 2.72. The zero-order valence-electron chi connectivity index (χ0n) is 7.77. The summed E-state index contributed by atoms with van der Waals surface area (Å²) in [6, 6.07) is 7.59. The molecule has 0 bridgehead atoms. The van der Waals surface area contributed by atoms with Gasteiger partial charge in [0.1, 0.15) is 6.20 Å². The molecule has 2 aromatic heterocycles. The number of pyridine rings is 2. The van der Waals surface area contributed by atoms with Crippen molar-refractivity contribution in [3.63, 3.8) is 0 Å². The fraction of sp³-hybridized carbons (Fsp3) is 0.0909. The van der Waals surface area contributed by atoms with Gasteiger partial charge in [0.15, 0.2) is 5.75 Å². The van der Waals surface area contributed by atoms with Crippen LogP contribution >= 0.6 is 0 Å². The summed E-state index contributed by atoms with van der Waals surface area (Å²) in [7, 11) is 1.60. The van der Waals surface area contributed by atoms with Crippen molar-refractivity contribution in [1.29, 1.82) is 0 Å². The number of aromatic nitrogens is 2. The minimum absolute atomic E-state index is 0.617. The molecule has 14 heavy (non-hydrogen) atoms. The van der Waals surface area contributed by atoms with Crippen LogP contribution in [-0.4, -0.2) is 17.1 Å². The molecule has 69 valence electrons. The van der Waals surface area contributed by atoms with Crippen LogP contribution in [0.15, 0.2) is 36.7 Å². The molecule has 3 heteroatoms. The van der Waals surface area contributed by atoms with E-state index in [9.17, 15) is 0 Å². The maximum absolute atomic E-state index is 5.14. The standard InChI is InChI=1S/C11H9N2O/c1-14-11-8-12-7-5-9(11)10-4-2-3-6-13-10/h2-7H,1H3. The fourth-order valence-corrected chi connectivity index (χ4v) is 1.22. The van der Waals surface area contributed by atoms with Crippen LogP contribution in [-0.2, 0) is 0 Å². The Labute approximate surface area is 82.4 Å². The molecule has 0 aromatic carbocycles. The third kappa shape index (κ3) is 1.57. The molecule has 2 aromatic rings. The van der Waals surface area contributed by atoms with Gasteiger partial charge in [0.2, 0.25) is 0 Å². The Morgan fingerprint density at radius 3 is 2.86 bits per heavy atom. The van der Waals surface area contributed by atoms with Crippen LogP contribution in [0.2, 0.25) is 0 Å². The molecule has 0 amide bonds. The summed E-state index contributed by atoms with van der Waals surface area (Å²) < 4.78 is 5.14. The van der Waals surface area contributed by atoms with E-state index in [1.54, 1.807) is 19.5 Å². The topological polar surface area (TPSA) is 35.0 Å². The zero-order chi connectivity index (χ0) is 9.80. The van der Waals surface area contributed by atoms with E-state index in [1.165, 1.54) is 0 Å². The van der Waals surface area contributed by atoms with Crippen LogP contribution in [0.5, 0.6) is 5.75 Å². The van der Waals surface area contributed by atoms with Crippen LogP contribution in [0, 0.1) is 6.20 Å². The van der Waals surface area contributed by atoms with Crippen LogP contribution < -0.4 is 4.74 Å². The predicted molar refractivity (Wildman–Crippen MR) is 52.9 cm³/mol. The first-order chi connectivity index (χ1) is 6.92. The van der Waals surface area contributed by atoms with Gasteiger partial charge in [0, 0.05) is 18.0 Å². The first-order valence-electron chi connectivity index (χ1n) is 4.24. The molecule has 1 radical (unpaired) electrons. The van der Waals surface area contributed by atoms with Crippen molar-refractivity contribution >= 4 is 0 Å². The van der Waals surface area contributed by atoms with Crippen molar-refractivity contribution in [1.82, 2.24) is 9.97 Å². The third-order valence-corrected chi connectivity index (χ3v) is 1.87. The van der Waals surface area contributed by atoms with E-state index in [4.69, 9.17) is 4.74 Å². The minimum Gasteiger partial charge on any atom is -0.494 e. The number of nitrogens with zero attached hydrogens (tertiary/aromatic N) is 2. The lowest BCUT2D eigenvalue weighted by Gasteiger charge is -2.05. The Balaban J connectivity index is 2.51. The number of hydrogen-bond acceptors (Lipinski definition) is 3. The van der Waals surface area contributed by atoms with Gasteiger partial charge < -0.3 is 4.74 Å². The summed E-state index contributed by atoms with van der Waals surface area (Å²) >= 11 is 0. The average Bonchev–Trinajstić information content (AvgIpc) is 2.30. The van der Waals surface area contributed by atoms with Crippen molar-refractivity contribution in [2.45, 2.75) is 0 Å². The van der Waals surface area contributed by atoms with E-state index >= 15 is 0 Å². The summed E-state index contributed by atoms with van der Waals surface area (Å²) in [5.74, 6) is 0.617. The molecule has 2 heterocycles. The van der Waals surface area contributed by atoms with Gasteiger partial charge in [-0.05, 0) is 18.2 Å². The molecule has 0 N–H and O–H groups in total. The van der Waals surface area contributed by atoms with Crippen LogP contribution in [0.3, 0.4) is 0 Å². The van der Waals surface area contributed by atoms with E-state index in [-0.39, 0.29) is 0 Å². The number of rotatable bonds is 2. The molecule has 0 saturated carbocycles. The SMILES string of the molecule is COc1[c]nccc1-c1ccccn1. The summed E-state index contributed by atoms with van der Waals surface area (Å²) in [4.78, 5) is 8.09. The summed E-state index contributed by atoms with van der Waals surface area (Å²) in [6.45, 7) is 0. The fourth-order valence-electron chi connectivity index (χ4n) is 1.22. The number of methoxy groups -OCH3 is 1. The molecule has 0 unspecified atom stereocenters. The lowest BCUT2D eigenvalue weighted by Crippen LogP contribution is -1.90. The molecular weight excluding hydrogens is 176 g/mol. The highest BCUT2D eigenvalue weighted by Crippen LogP contribution is 2.25. The van der Waals surface area contributed by atoms with E-state index < -0.39 is 0 Å². The first kappa shape index (κ1) is 8.69. The highest BCUT2D eigenvalue weighted by Gasteiger charge is 2.05. The van der Waals surface area contributed by atoms with Gasteiger partial charge >= 0.3 is 0 Å². The quantitative estimate of drug-likeness (QED) is 0.717. The van der Waals surface area contributed by atoms with Crippen LogP contribution in [0.4, 0.5) is 0 Å². The van der Waals surface area contributed by atoms with Gasteiger partial charge in [0.05, 0.1) is 12.8 Å². The molecule has 0 atom stereocenters. The lowest BCUT2D eigenvalue weighted by molar-refractivity contribution is 0.413. The van der Waals surface area contributed by atoms with Crippen molar-refractivity contribution in [2.75, 3.05) is 7.11 Å². The van der Waals surface area contributed by atoms with Gasteiger partial charge in [-0.25, -0.2) is 0 Å². The molecule has 0 aliphatic rings. The van der Waals surface area contributed by atoms with Crippen LogP contribution in [0.25, 0.3) is 11.3 Å². The Morgan fingerprint density at radius 1 is 1.21 bits per heavy atom. The van der Waals surface area contributed by atoms with Crippen molar-refractivity contribution < 1.29 is 4.74 Å². The van der Waals surface area contributed by atoms with E-state index in [2.05, 4.69) is 16.2 Å². The second-order valence-electron chi connectivity index (χ2n) is 2.72. The smallest absolute Gasteiger partial charge is 0.156 e. The Hall–Kier alpha value is -1.90. The summed E-state index contributed by atoms with van der Waals surface area (Å²) in [6.07, 6.45) is 6.19. The highest BCUT2D eigenvalue weighted by molar-refractivity contribution is 5.65. The Morgan fingerprint density at radius 2 is 2.14 bits per heavy atom. The number of ether oxygens (including phenoxy) is 1. The maximum Gasteiger partial charge on any atom is 0.156 e. The average molecular weight is 185 g/mol. The van der Waals surface area contributed by atoms with Crippen LogP contribution in [0.1, 0.15) is 0 Å². The normalized spacial score (nSPS) is 9.79. The Bertz CT molecular complexity index is 415. The van der Waals surface area contributed by atoms with Gasteiger partial charge in [-0.3, -0.25) is 9.97 Å². The number of hydrogen-bond donors (Lipinski definition) is 0. The van der Waals surface area contributed by atoms with Crippen molar-refractivity contribution in [3.8, 4) is 17.0 Å². The van der Waals surface area contributed by atoms with Gasteiger partial charge in [-0.1, -0.05) is 6.07 Å². The van der Waals surface area contributed by atoms with Crippen molar-refractivity contribution in [2.24, 2.45) is 0 Å². The van der Waals surface area contributed by atoms with Gasteiger partial charge in [-0.15, -0.1) is 0 Å². The molecule has 0 aliphatic carbocycles. The van der Waals surface area contributed by atoms with E-state index in [0.29, 0.717) is 5.75 Å². The van der Waals surface area contributed by atoms with Gasteiger partial charge in [-0.2, -0.15) is 0 Å². The summed E-state index contributed by atoms with van der Waals surface area (Å²) in [5, 5.41) is 0. The molecule has 3 nitrogen and oxygen atoms in total. The molecular formula is C11H9N2O. The maximum atomic E-state index is 5.14. The zero-order valence-corrected chi connectivity index (χ0v) is 7.77. The highest BCUT2D eigenvalue weighted by atomic mass is 16.5. The molecule has 0 aliphatic heterocycles. The first-order valence-corrected chi connectivity index (χ1v) is 4.24.